The van der Waals surface area contributed by atoms with E-state index < -0.39 is 15.5 Å². The van der Waals surface area contributed by atoms with E-state index in [-0.39, 0.29) is 17.0 Å². The molecule has 0 unspecified atom stereocenters. The Bertz CT molecular complexity index is 537. The number of rotatable bonds is 2. The minimum atomic E-state index is -5.43. The van der Waals surface area contributed by atoms with E-state index in [1.165, 1.54) is 18.6 Å². The molecule has 0 spiro atoms. The molecule has 4 nitrogen and oxygen atoms in total. The SMILES string of the molecule is Cc1c(O)ccc(NS(=O)(=O)C(F)(F)F)c1C. The molecule has 0 aliphatic heterocycles. The first kappa shape index (κ1) is 13.6. The molecule has 0 atom stereocenters. The van der Waals surface area contributed by atoms with Gasteiger partial charge in [0, 0.05) is 0 Å². The number of nitrogens with one attached hydrogen (secondary N) is 1. The smallest absolute Gasteiger partial charge is 0.508 e. The fraction of sp³-hybridized carbons (Fsp3) is 0.333. The highest BCUT2D eigenvalue weighted by Gasteiger charge is 2.46. The van der Waals surface area contributed by atoms with Crippen molar-refractivity contribution >= 4 is 15.7 Å². The van der Waals surface area contributed by atoms with E-state index in [1.807, 2.05) is 0 Å². The monoisotopic (exact) mass is 269 g/mol. The topological polar surface area (TPSA) is 66.4 Å². The second-order valence-electron chi connectivity index (χ2n) is 3.43. The van der Waals surface area contributed by atoms with Crippen LogP contribution < -0.4 is 4.72 Å². The van der Waals surface area contributed by atoms with Crippen LogP contribution >= 0.6 is 0 Å². The van der Waals surface area contributed by atoms with Gasteiger partial charge in [0.05, 0.1) is 5.69 Å². The Morgan fingerprint density at radius 2 is 1.71 bits per heavy atom. The number of alkyl halides is 3. The summed E-state index contributed by atoms with van der Waals surface area (Å²) in [7, 11) is -5.43. The third kappa shape index (κ3) is 2.63. The number of halogens is 3. The summed E-state index contributed by atoms with van der Waals surface area (Å²) in [6.45, 7) is 2.87. The molecular weight excluding hydrogens is 259 g/mol. The normalized spacial score (nSPS) is 12.5. The lowest BCUT2D eigenvalue weighted by atomic mass is 10.1. The molecule has 0 bridgehead atoms. The van der Waals surface area contributed by atoms with Crippen molar-refractivity contribution in [2.75, 3.05) is 4.72 Å². The first-order valence-corrected chi connectivity index (χ1v) is 5.93. The van der Waals surface area contributed by atoms with Gasteiger partial charge in [-0.25, -0.2) is 0 Å². The van der Waals surface area contributed by atoms with E-state index in [0.717, 1.165) is 12.1 Å². The van der Waals surface area contributed by atoms with Crippen molar-refractivity contribution in [3.8, 4) is 5.75 Å². The molecule has 0 fully saturated rings. The number of sulfonamides is 1. The lowest BCUT2D eigenvalue weighted by molar-refractivity contribution is -0.0429. The van der Waals surface area contributed by atoms with Crippen molar-refractivity contribution in [1.82, 2.24) is 0 Å². The highest BCUT2D eigenvalue weighted by Crippen LogP contribution is 2.30. The summed E-state index contributed by atoms with van der Waals surface area (Å²) in [5.41, 5.74) is -5.03. The van der Waals surface area contributed by atoms with Crippen molar-refractivity contribution in [1.29, 1.82) is 0 Å². The summed E-state index contributed by atoms with van der Waals surface area (Å²) in [4.78, 5) is 0. The van der Waals surface area contributed by atoms with Crippen LogP contribution in [0.3, 0.4) is 0 Å². The summed E-state index contributed by atoms with van der Waals surface area (Å²) in [6, 6.07) is 2.19. The molecule has 0 aliphatic rings. The van der Waals surface area contributed by atoms with Crippen LogP contribution in [0.4, 0.5) is 18.9 Å². The van der Waals surface area contributed by atoms with Gasteiger partial charge in [0.2, 0.25) is 0 Å². The second-order valence-corrected chi connectivity index (χ2v) is 5.11. The maximum Gasteiger partial charge on any atom is 0.516 e. The van der Waals surface area contributed by atoms with Crippen molar-refractivity contribution < 1.29 is 26.7 Å². The number of phenols is 1. The number of hydrogen-bond donors (Lipinski definition) is 2. The van der Waals surface area contributed by atoms with Crippen LogP contribution in [0.5, 0.6) is 5.75 Å². The molecule has 96 valence electrons. The van der Waals surface area contributed by atoms with Gasteiger partial charge < -0.3 is 5.11 Å². The standard InChI is InChI=1S/C9H10F3NO3S/c1-5-6(2)8(14)4-3-7(5)13-17(15,16)9(10,11)12/h3-4,13-14H,1-2H3. The Labute approximate surface area is 96.1 Å². The zero-order valence-corrected chi connectivity index (χ0v) is 9.78. The van der Waals surface area contributed by atoms with Crippen molar-refractivity contribution in [3.05, 3.63) is 23.3 Å². The predicted octanol–water partition coefficient (Wildman–Crippen LogP) is 2.27. The van der Waals surface area contributed by atoms with Gasteiger partial charge in [-0.1, -0.05) is 0 Å². The summed E-state index contributed by atoms with van der Waals surface area (Å²) in [6.07, 6.45) is 0. The molecule has 0 aliphatic carbocycles. The first-order chi connectivity index (χ1) is 7.56. The van der Waals surface area contributed by atoms with Crippen LogP contribution in [-0.4, -0.2) is 19.0 Å². The third-order valence-electron chi connectivity index (χ3n) is 2.31. The molecule has 8 heteroatoms. The zero-order valence-electron chi connectivity index (χ0n) is 8.96. The predicted molar refractivity (Wildman–Crippen MR) is 56.2 cm³/mol. The first-order valence-electron chi connectivity index (χ1n) is 4.44. The molecule has 0 aromatic heterocycles. The number of anilines is 1. The summed E-state index contributed by atoms with van der Waals surface area (Å²) < 4.78 is 59.6. The quantitative estimate of drug-likeness (QED) is 0.809. The van der Waals surface area contributed by atoms with E-state index in [9.17, 15) is 26.7 Å². The molecule has 0 saturated heterocycles. The molecule has 1 aromatic rings. The van der Waals surface area contributed by atoms with E-state index in [1.54, 1.807) is 0 Å². The third-order valence-corrected chi connectivity index (χ3v) is 3.41. The molecule has 0 amide bonds. The highest BCUT2D eigenvalue weighted by atomic mass is 32.2. The average Bonchev–Trinajstić information content (AvgIpc) is 2.17. The average molecular weight is 269 g/mol. The Hall–Kier alpha value is -1.44. The Morgan fingerprint density at radius 1 is 1.18 bits per heavy atom. The largest absolute Gasteiger partial charge is 0.516 e. The number of hydrogen-bond acceptors (Lipinski definition) is 3. The van der Waals surface area contributed by atoms with Crippen LogP contribution in [0, 0.1) is 13.8 Å². The van der Waals surface area contributed by atoms with Crippen LogP contribution in [0.2, 0.25) is 0 Å². The fourth-order valence-corrected chi connectivity index (χ4v) is 1.75. The summed E-state index contributed by atoms with van der Waals surface area (Å²) in [5.74, 6) is -0.113. The van der Waals surface area contributed by atoms with Crippen molar-refractivity contribution in [3.63, 3.8) is 0 Å². The van der Waals surface area contributed by atoms with Gasteiger partial charge in [0.1, 0.15) is 5.75 Å². The van der Waals surface area contributed by atoms with Crippen molar-refractivity contribution in [2.24, 2.45) is 0 Å². The van der Waals surface area contributed by atoms with E-state index in [0.29, 0.717) is 5.56 Å². The van der Waals surface area contributed by atoms with Gasteiger partial charge in [-0.3, -0.25) is 4.72 Å². The molecule has 17 heavy (non-hydrogen) atoms. The van der Waals surface area contributed by atoms with Crippen LogP contribution in [-0.2, 0) is 10.0 Å². The van der Waals surface area contributed by atoms with Crippen LogP contribution in [0.15, 0.2) is 12.1 Å². The molecule has 0 heterocycles. The van der Waals surface area contributed by atoms with E-state index in [4.69, 9.17) is 0 Å². The summed E-state index contributed by atoms with van der Waals surface area (Å²) >= 11 is 0. The maximum atomic E-state index is 12.1. The molecule has 2 N–H and O–H groups in total. The number of aromatic hydroxyl groups is 1. The number of phenolic OH excluding ortho intramolecular Hbond substituents is 1. The lowest BCUT2D eigenvalue weighted by Crippen LogP contribution is -2.30. The fourth-order valence-electron chi connectivity index (χ4n) is 1.12. The molecule has 0 saturated carbocycles. The maximum absolute atomic E-state index is 12.1. The Morgan fingerprint density at radius 3 is 2.18 bits per heavy atom. The Kier molecular flexibility index (Phi) is 3.28. The molecule has 1 rings (SSSR count). The number of benzene rings is 1. The van der Waals surface area contributed by atoms with Gasteiger partial charge >= 0.3 is 15.5 Å². The van der Waals surface area contributed by atoms with Gasteiger partial charge in [-0.05, 0) is 37.1 Å². The van der Waals surface area contributed by atoms with E-state index >= 15 is 0 Å². The van der Waals surface area contributed by atoms with Gasteiger partial charge in [0.15, 0.2) is 0 Å². The second kappa shape index (κ2) is 4.10. The van der Waals surface area contributed by atoms with E-state index in [2.05, 4.69) is 0 Å². The zero-order chi connectivity index (χ0) is 13.4. The minimum absolute atomic E-state index is 0.113. The summed E-state index contributed by atoms with van der Waals surface area (Å²) in [5, 5.41) is 9.28. The lowest BCUT2D eigenvalue weighted by Gasteiger charge is -2.14. The molecule has 0 radical (unpaired) electrons. The molecule has 1 aromatic carbocycles. The van der Waals surface area contributed by atoms with Gasteiger partial charge in [-0.2, -0.15) is 21.6 Å². The molecular formula is C9H10F3NO3S. The minimum Gasteiger partial charge on any atom is -0.508 e. The van der Waals surface area contributed by atoms with Crippen LogP contribution in [0.1, 0.15) is 11.1 Å². The van der Waals surface area contributed by atoms with Crippen molar-refractivity contribution in [2.45, 2.75) is 19.4 Å². The van der Waals surface area contributed by atoms with Gasteiger partial charge in [-0.15, -0.1) is 0 Å². The Balaban J connectivity index is 3.19. The van der Waals surface area contributed by atoms with Crippen LogP contribution in [0.25, 0.3) is 0 Å². The van der Waals surface area contributed by atoms with Gasteiger partial charge in [0.25, 0.3) is 0 Å². The highest BCUT2D eigenvalue weighted by molar-refractivity contribution is 7.93.